The highest BCUT2D eigenvalue weighted by Crippen LogP contribution is 2.20. The number of carbonyl (C=O) groups is 2. The van der Waals surface area contributed by atoms with Crippen LogP contribution in [0.2, 0.25) is 5.02 Å². The lowest BCUT2D eigenvalue weighted by atomic mass is 10.1. The molecule has 5 nitrogen and oxygen atoms in total. The van der Waals surface area contributed by atoms with E-state index in [1.807, 2.05) is 43.3 Å². The molecule has 6 heteroatoms. The third-order valence-electron chi connectivity index (χ3n) is 3.73. The first-order chi connectivity index (χ1) is 12.4. The second-order valence-corrected chi connectivity index (χ2v) is 6.46. The van der Waals surface area contributed by atoms with Crippen molar-refractivity contribution in [2.75, 3.05) is 5.32 Å². The number of nitrogens with zero attached hydrogens (tertiary/aromatic N) is 1. The summed E-state index contributed by atoms with van der Waals surface area (Å²) in [6, 6.07) is 15.1. The summed E-state index contributed by atoms with van der Waals surface area (Å²) in [6.07, 6.45) is 1.08. The molecule has 0 aliphatic rings. The van der Waals surface area contributed by atoms with Crippen LogP contribution in [0.25, 0.3) is 0 Å². The van der Waals surface area contributed by atoms with Crippen LogP contribution in [-0.2, 0) is 16.0 Å². The monoisotopic (exact) mass is 371 g/mol. The van der Waals surface area contributed by atoms with Crippen molar-refractivity contribution in [1.82, 2.24) is 5.43 Å². The first-order valence-corrected chi connectivity index (χ1v) is 8.74. The highest BCUT2D eigenvalue weighted by molar-refractivity contribution is 6.31. The smallest absolute Gasteiger partial charge is 0.240 e. The van der Waals surface area contributed by atoms with Gasteiger partial charge in [-0.1, -0.05) is 48.0 Å². The Morgan fingerprint density at radius 2 is 1.81 bits per heavy atom. The number of benzene rings is 2. The van der Waals surface area contributed by atoms with Crippen molar-refractivity contribution >= 4 is 34.8 Å². The number of halogens is 1. The molecular weight excluding hydrogens is 350 g/mol. The van der Waals surface area contributed by atoms with Gasteiger partial charge in [0.15, 0.2) is 0 Å². The fourth-order valence-electron chi connectivity index (χ4n) is 2.26. The van der Waals surface area contributed by atoms with Crippen molar-refractivity contribution in [2.24, 2.45) is 5.10 Å². The second kappa shape index (κ2) is 9.73. The van der Waals surface area contributed by atoms with E-state index in [0.29, 0.717) is 29.3 Å². The van der Waals surface area contributed by atoms with Crippen molar-refractivity contribution in [3.8, 4) is 0 Å². The molecule has 0 atom stereocenters. The van der Waals surface area contributed by atoms with Gasteiger partial charge in [0.2, 0.25) is 11.8 Å². The summed E-state index contributed by atoms with van der Waals surface area (Å²) in [5.74, 6) is -0.399. The lowest BCUT2D eigenvalue weighted by Crippen LogP contribution is -2.21. The molecule has 0 aliphatic heterocycles. The van der Waals surface area contributed by atoms with Crippen LogP contribution >= 0.6 is 11.6 Å². The summed E-state index contributed by atoms with van der Waals surface area (Å²) in [5.41, 5.74) is 5.68. The van der Waals surface area contributed by atoms with Crippen molar-refractivity contribution in [2.45, 2.75) is 33.1 Å². The molecule has 0 radical (unpaired) electrons. The van der Waals surface area contributed by atoms with Gasteiger partial charge in [-0.25, -0.2) is 5.43 Å². The Kier molecular flexibility index (Phi) is 7.36. The van der Waals surface area contributed by atoms with E-state index in [0.717, 1.165) is 11.1 Å². The molecule has 26 heavy (non-hydrogen) atoms. The van der Waals surface area contributed by atoms with Gasteiger partial charge < -0.3 is 5.32 Å². The van der Waals surface area contributed by atoms with E-state index in [4.69, 9.17) is 11.6 Å². The maximum Gasteiger partial charge on any atom is 0.240 e. The minimum atomic E-state index is -0.218. The van der Waals surface area contributed by atoms with Crippen molar-refractivity contribution in [1.29, 1.82) is 0 Å². The summed E-state index contributed by atoms with van der Waals surface area (Å²) in [7, 11) is 0. The zero-order valence-electron chi connectivity index (χ0n) is 14.9. The van der Waals surface area contributed by atoms with E-state index in [9.17, 15) is 9.59 Å². The number of amides is 2. The Hall–Kier alpha value is -2.66. The van der Waals surface area contributed by atoms with Gasteiger partial charge in [0.1, 0.15) is 0 Å². The molecule has 2 amide bonds. The third-order valence-corrected chi connectivity index (χ3v) is 4.13. The quantitative estimate of drug-likeness (QED) is 0.568. The van der Waals surface area contributed by atoms with Crippen LogP contribution < -0.4 is 10.7 Å². The number of nitrogens with one attached hydrogen (secondary N) is 2. The van der Waals surface area contributed by atoms with Gasteiger partial charge in [0.25, 0.3) is 0 Å². The lowest BCUT2D eigenvalue weighted by Gasteiger charge is -2.07. The van der Waals surface area contributed by atoms with Crippen molar-refractivity contribution in [3.05, 3.63) is 64.7 Å². The molecule has 2 N–H and O–H groups in total. The molecule has 0 saturated carbocycles. The zero-order chi connectivity index (χ0) is 18.9. The summed E-state index contributed by atoms with van der Waals surface area (Å²) in [5, 5.41) is 7.33. The number of aryl methyl sites for hydroxylation is 2. The van der Waals surface area contributed by atoms with E-state index in [-0.39, 0.29) is 18.2 Å². The van der Waals surface area contributed by atoms with E-state index >= 15 is 0 Å². The van der Waals surface area contributed by atoms with Gasteiger partial charge in [-0.15, -0.1) is 0 Å². The highest BCUT2D eigenvalue weighted by atomic mass is 35.5. The molecule has 0 fully saturated rings. The van der Waals surface area contributed by atoms with Crippen LogP contribution in [0.5, 0.6) is 0 Å². The summed E-state index contributed by atoms with van der Waals surface area (Å²) < 4.78 is 0. The predicted octanol–water partition coefficient (Wildman–Crippen LogP) is 4.10. The number of hydrazone groups is 1. The normalized spacial score (nSPS) is 11.1. The molecule has 0 unspecified atom stereocenters. The molecule has 136 valence electrons. The van der Waals surface area contributed by atoms with Crippen molar-refractivity contribution < 1.29 is 9.59 Å². The summed E-state index contributed by atoms with van der Waals surface area (Å²) in [6.45, 7) is 3.59. The average molecular weight is 372 g/mol. The number of carbonyl (C=O) groups excluding carboxylic acids is 2. The Labute approximate surface area is 158 Å². The van der Waals surface area contributed by atoms with Crippen LogP contribution in [0.3, 0.4) is 0 Å². The minimum Gasteiger partial charge on any atom is -0.326 e. The molecule has 0 saturated heterocycles. The SMILES string of the molecule is C/C(CC(=O)Nc1ccc(C)c(Cl)c1)=N/NC(=O)CCc1ccccc1. The summed E-state index contributed by atoms with van der Waals surface area (Å²) >= 11 is 6.04. The molecular formula is C20H22ClN3O2. The largest absolute Gasteiger partial charge is 0.326 e. The zero-order valence-corrected chi connectivity index (χ0v) is 15.6. The fourth-order valence-corrected chi connectivity index (χ4v) is 2.44. The third kappa shape index (κ3) is 6.69. The fraction of sp³-hybridized carbons (Fsp3) is 0.250. The molecule has 0 bridgehead atoms. The number of rotatable bonds is 7. The number of hydrogen-bond acceptors (Lipinski definition) is 3. The second-order valence-electron chi connectivity index (χ2n) is 6.06. The van der Waals surface area contributed by atoms with Crippen LogP contribution in [0, 0.1) is 6.92 Å². The van der Waals surface area contributed by atoms with Crippen LogP contribution in [0.1, 0.15) is 30.9 Å². The van der Waals surface area contributed by atoms with E-state index in [1.165, 1.54) is 0 Å². The minimum absolute atomic E-state index is 0.0878. The van der Waals surface area contributed by atoms with Gasteiger partial charge in [0, 0.05) is 22.8 Å². The first-order valence-electron chi connectivity index (χ1n) is 8.36. The molecule has 0 aliphatic carbocycles. The molecule has 2 rings (SSSR count). The molecule has 0 aromatic heterocycles. The Balaban J connectivity index is 1.76. The van der Waals surface area contributed by atoms with E-state index in [1.54, 1.807) is 19.1 Å². The average Bonchev–Trinajstić information content (AvgIpc) is 2.62. The molecule has 2 aromatic carbocycles. The topological polar surface area (TPSA) is 70.6 Å². The van der Waals surface area contributed by atoms with Crippen LogP contribution in [0.15, 0.2) is 53.6 Å². The van der Waals surface area contributed by atoms with Gasteiger partial charge in [-0.2, -0.15) is 5.10 Å². The summed E-state index contributed by atoms with van der Waals surface area (Å²) in [4.78, 5) is 23.9. The predicted molar refractivity (Wildman–Crippen MR) is 105 cm³/mol. The van der Waals surface area contributed by atoms with Gasteiger partial charge >= 0.3 is 0 Å². The number of hydrogen-bond donors (Lipinski definition) is 2. The van der Waals surface area contributed by atoms with Crippen LogP contribution in [-0.4, -0.2) is 17.5 Å². The van der Waals surface area contributed by atoms with E-state index < -0.39 is 0 Å². The van der Waals surface area contributed by atoms with E-state index in [2.05, 4.69) is 15.8 Å². The Morgan fingerprint density at radius 1 is 1.08 bits per heavy atom. The number of anilines is 1. The van der Waals surface area contributed by atoms with Crippen LogP contribution in [0.4, 0.5) is 5.69 Å². The highest BCUT2D eigenvalue weighted by Gasteiger charge is 2.07. The maximum absolute atomic E-state index is 12.0. The first kappa shape index (κ1) is 19.7. The van der Waals surface area contributed by atoms with Gasteiger partial charge in [0.05, 0.1) is 6.42 Å². The molecule has 0 heterocycles. The maximum atomic E-state index is 12.0. The standard InChI is InChI=1S/C20H22ClN3O2/c1-14-8-10-17(13-18(14)21)22-20(26)12-15(2)23-24-19(25)11-9-16-6-4-3-5-7-16/h3-8,10,13H,9,11-12H2,1-2H3,(H,22,26)(H,24,25)/b23-15-. The molecule has 2 aromatic rings. The van der Waals surface area contributed by atoms with Gasteiger partial charge in [-0.3, -0.25) is 9.59 Å². The van der Waals surface area contributed by atoms with Crippen molar-refractivity contribution in [3.63, 3.8) is 0 Å². The Morgan fingerprint density at radius 3 is 2.50 bits per heavy atom. The Bertz CT molecular complexity index is 804. The van der Waals surface area contributed by atoms with Gasteiger partial charge in [-0.05, 0) is 43.5 Å². The lowest BCUT2D eigenvalue weighted by molar-refractivity contribution is -0.121. The molecule has 0 spiro atoms.